The predicted octanol–water partition coefficient (Wildman–Crippen LogP) is 3.16. The molecule has 1 aliphatic heterocycles. The Balaban J connectivity index is 1.40. The van der Waals surface area contributed by atoms with E-state index in [1.165, 1.54) is 6.42 Å². The molecule has 1 N–H and O–H groups in total. The Kier molecular flexibility index (Phi) is 4.16. The Morgan fingerprint density at radius 1 is 1.18 bits per heavy atom. The number of rotatable bonds is 5. The van der Waals surface area contributed by atoms with E-state index in [9.17, 15) is 0 Å². The number of aromatic nitrogens is 5. The van der Waals surface area contributed by atoms with Crippen molar-refractivity contribution in [3.63, 3.8) is 0 Å². The highest BCUT2D eigenvalue weighted by molar-refractivity contribution is 5.78. The lowest BCUT2D eigenvalue weighted by Crippen LogP contribution is -2.36. The summed E-state index contributed by atoms with van der Waals surface area (Å²) >= 11 is 0. The maximum absolute atomic E-state index is 5.71. The SMILES string of the molecule is COC1C2CCC1N(c1nccc(Nc3cc4c(cn3)ncn4C(C)C)n1)C2. The molecule has 2 aliphatic rings. The van der Waals surface area contributed by atoms with Crippen LogP contribution in [0.15, 0.2) is 30.9 Å². The fourth-order valence-corrected chi connectivity index (χ4v) is 4.62. The van der Waals surface area contributed by atoms with Crippen molar-refractivity contribution in [2.24, 2.45) is 5.92 Å². The molecule has 3 aromatic rings. The van der Waals surface area contributed by atoms with E-state index in [2.05, 4.69) is 43.6 Å². The number of anilines is 3. The third-order valence-electron chi connectivity index (χ3n) is 5.95. The minimum absolute atomic E-state index is 0.292. The van der Waals surface area contributed by atoms with E-state index < -0.39 is 0 Å². The molecule has 0 aromatic carbocycles. The smallest absolute Gasteiger partial charge is 0.227 e. The van der Waals surface area contributed by atoms with Gasteiger partial charge in [0.1, 0.15) is 17.2 Å². The number of nitrogens with one attached hydrogen (secondary N) is 1. The first-order valence-electron chi connectivity index (χ1n) is 9.86. The van der Waals surface area contributed by atoms with E-state index in [-0.39, 0.29) is 0 Å². The zero-order valence-electron chi connectivity index (χ0n) is 16.4. The highest BCUT2D eigenvalue weighted by Crippen LogP contribution is 2.41. The zero-order valence-corrected chi connectivity index (χ0v) is 16.4. The Bertz CT molecular complexity index is 1000. The van der Waals surface area contributed by atoms with Crippen LogP contribution < -0.4 is 10.2 Å². The molecular formula is C20H25N7O. The normalized spacial score (nSPS) is 23.9. The van der Waals surface area contributed by atoms with Crippen LogP contribution in [-0.2, 0) is 4.74 Å². The molecule has 3 atom stereocenters. The van der Waals surface area contributed by atoms with Gasteiger partial charge in [-0.15, -0.1) is 0 Å². The van der Waals surface area contributed by atoms with Crippen LogP contribution in [0.25, 0.3) is 11.0 Å². The van der Waals surface area contributed by atoms with Gasteiger partial charge in [-0.25, -0.2) is 15.0 Å². The van der Waals surface area contributed by atoms with Crippen molar-refractivity contribution in [2.45, 2.75) is 44.9 Å². The summed E-state index contributed by atoms with van der Waals surface area (Å²) in [6.45, 7) is 5.25. The van der Waals surface area contributed by atoms with E-state index in [0.717, 1.165) is 41.6 Å². The Hall–Kier alpha value is -2.74. The molecule has 2 bridgehead atoms. The van der Waals surface area contributed by atoms with Crippen molar-refractivity contribution in [3.05, 3.63) is 30.9 Å². The van der Waals surface area contributed by atoms with Crippen molar-refractivity contribution in [2.75, 3.05) is 23.9 Å². The molecule has 1 saturated heterocycles. The fourth-order valence-electron chi connectivity index (χ4n) is 4.62. The first-order chi connectivity index (χ1) is 13.6. The fraction of sp³-hybridized carbons (Fsp3) is 0.500. The molecule has 5 rings (SSSR count). The first kappa shape index (κ1) is 17.4. The van der Waals surface area contributed by atoms with Gasteiger partial charge in [-0.2, -0.15) is 4.98 Å². The lowest BCUT2D eigenvalue weighted by molar-refractivity contribution is 0.0853. The molecule has 4 heterocycles. The molecule has 1 saturated carbocycles. The van der Waals surface area contributed by atoms with Crippen molar-refractivity contribution in [1.29, 1.82) is 0 Å². The minimum Gasteiger partial charge on any atom is -0.379 e. The Morgan fingerprint density at radius 2 is 2.07 bits per heavy atom. The van der Waals surface area contributed by atoms with Gasteiger partial charge in [0.25, 0.3) is 0 Å². The number of pyridine rings is 1. The molecular weight excluding hydrogens is 354 g/mol. The number of imidazole rings is 1. The third-order valence-corrected chi connectivity index (χ3v) is 5.95. The molecule has 28 heavy (non-hydrogen) atoms. The van der Waals surface area contributed by atoms with Gasteiger partial charge in [-0.3, -0.25) is 0 Å². The highest BCUT2D eigenvalue weighted by Gasteiger charge is 2.48. The molecule has 146 valence electrons. The number of hydrogen-bond acceptors (Lipinski definition) is 7. The molecule has 0 radical (unpaired) electrons. The standard InChI is InChI=1S/C20H25N7O/c1-12(2)27-11-23-14-9-22-18(8-16(14)27)24-17-6-7-21-20(25-17)26-10-13-4-5-15(26)19(13)28-3/h6-9,11-13,15,19H,4-5,10H2,1-3H3,(H,21,22,24,25). The second kappa shape index (κ2) is 6.70. The van der Waals surface area contributed by atoms with Crippen LogP contribution in [0.1, 0.15) is 32.7 Å². The van der Waals surface area contributed by atoms with Gasteiger partial charge in [-0.05, 0) is 32.8 Å². The topological polar surface area (TPSA) is 81.0 Å². The van der Waals surface area contributed by atoms with Gasteiger partial charge in [-0.1, -0.05) is 0 Å². The molecule has 1 aliphatic carbocycles. The summed E-state index contributed by atoms with van der Waals surface area (Å²) in [6.07, 6.45) is 8.11. The van der Waals surface area contributed by atoms with Gasteiger partial charge < -0.3 is 19.5 Å². The van der Waals surface area contributed by atoms with Crippen LogP contribution in [0.4, 0.5) is 17.6 Å². The maximum atomic E-state index is 5.71. The molecule has 2 fully saturated rings. The Morgan fingerprint density at radius 3 is 2.86 bits per heavy atom. The van der Waals surface area contributed by atoms with Gasteiger partial charge in [0, 0.05) is 37.9 Å². The number of fused-ring (bicyclic) bond motifs is 3. The highest BCUT2D eigenvalue weighted by atomic mass is 16.5. The van der Waals surface area contributed by atoms with Gasteiger partial charge in [0.2, 0.25) is 5.95 Å². The number of ether oxygens (including phenoxy) is 1. The zero-order chi connectivity index (χ0) is 19.3. The second-order valence-electron chi connectivity index (χ2n) is 7.93. The maximum Gasteiger partial charge on any atom is 0.227 e. The summed E-state index contributed by atoms with van der Waals surface area (Å²) in [7, 11) is 1.81. The van der Waals surface area contributed by atoms with Crippen molar-refractivity contribution in [3.8, 4) is 0 Å². The van der Waals surface area contributed by atoms with Crippen LogP contribution in [0.5, 0.6) is 0 Å². The van der Waals surface area contributed by atoms with E-state index in [4.69, 9.17) is 9.72 Å². The van der Waals surface area contributed by atoms with Crippen molar-refractivity contribution in [1.82, 2.24) is 24.5 Å². The summed E-state index contributed by atoms with van der Waals surface area (Å²) in [5.41, 5.74) is 1.95. The monoisotopic (exact) mass is 379 g/mol. The van der Waals surface area contributed by atoms with Crippen LogP contribution in [0, 0.1) is 5.92 Å². The summed E-state index contributed by atoms with van der Waals surface area (Å²) in [6, 6.07) is 4.60. The van der Waals surface area contributed by atoms with E-state index >= 15 is 0 Å². The molecule has 8 heteroatoms. The van der Waals surface area contributed by atoms with Gasteiger partial charge in [0.15, 0.2) is 0 Å². The number of nitrogens with zero attached hydrogens (tertiary/aromatic N) is 6. The summed E-state index contributed by atoms with van der Waals surface area (Å²) in [4.78, 5) is 20.5. The van der Waals surface area contributed by atoms with Crippen LogP contribution in [0.2, 0.25) is 0 Å². The lowest BCUT2D eigenvalue weighted by atomic mass is 10.1. The molecule has 3 aromatic heterocycles. The van der Waals surface area contributed by atoms with Crippen LogP contribution >= 0.6 is 0 Å². The van der Waals surface area contributed by atoms with Crippen molar-refractivity contribution < 1.29 is 4.74 Å². The third kappa shape index (κ3) is 2.79. The minimum atomic E-state index is 0.292. The quantitative estimate of drug-likeness (QED) is 0.729. The lowest BCUT2D eigenvalue weighted by Gasteiger charge is -2.27. The van der Waals surface area contributed by atoms with Crippen LogP contribution in [0.3, 0.4) is 0 Å². The number of piperidine rings is 1. The predicted molar refractivity (Wildman–Crippen MR) is 108 cm³/mol. The van der Waals surface area contributed by atoms with Crippen molar-refractivity contribution >= 4 is 28.6 Å². The largest absolute Gasteiger partial charge is 0.379 e. The summed E-state index contributed by atoms with van der Waals surface area (Å²) < 4.78 is 7.85. The van der Waals surface area contributed by atoms with Gasteiger partial charge >= 0.3 is 0 Å². The molecule has 3 unspecified atom stereocenters. The average Bonchev–Trinajstić information content (AvgIpc) is 3.39. The average molecular weight is 379 g/mol. The van der Waals surface area contributed by atoms with Gasteiger partial charge in [0.05, 0.1) is 30.2 Å². The molecule has 0 spiro atoms. The van der Waals surface area contributed by atoms with E-state index in [1.807, 2.05) is 25.6 Å². The van der Waals surface area contributed by atoms with E-state index in [0.29, 0.717) is 24.1 Å². The molecule has 8 nitrogen and oxygen atoms in total. The number of methoxy groups -OCH3 is 1. The van der Waals surface area contributed by atoms with Crippen LogP contribution in [-0.4, -0.2) is 50.3 Å². The first-order valence-corrected chi connectivity index (χ1v) is 9.86. The summed E-state index contributed by atoms with van der Waals surface area (Å²) in [5, 5.41) is 3.32. The summed E-state index contributed by atoms with van der Waals surface area (Å²) in [5.74, 6) is 2.82. The van der Waals surface area contributed by atoms with E-state index in [1.54, 1.807) is 12.4 Å². The second-order valence-corrected chi connectivity index (χ2v) is 7.93. The Labute approximate surface area is 164 Å². The number of hydrogen-bond donors (Lipinski definition) is 1. The molecule has 0 amide bonds.